The van der Waals surface area contributed by atoms with Gasteiger partial charge in [0.1, 0.15) is 0 Å². The second-order valence-electron chi connectivity index (χ2n) is 7.06. The predicted octanol–water partition coefficient (Wildman–Crippen LogP) is 2.45. The van der Waals surface area contributed by atoms with Gasteiger partial charge in [0.2, 0.25) is 0 Å². The van der Waals surface area contributed by atoms with Crippen molar-refractivity contribution in [3.63, 3.8) is 0 Å². The van der Waals surface area contributed by atoms with Gasteiger partial charge in [0.25, 0.3) is 5.91 Å². The highest BCUT2D eigenvalue weighted by Gasteiger charge is 2.36. The van der Waals surface area contributed by atoms with E-state index in [-0.39, 0.29) is 12.0 Å². The van der Waals surface area contributed by atoms with Crippen LogP contribution in [0.2, 0.25) is 0 Å². The second-order valence-corrected chi connectivity index (χ2v) is 7.06. The number of benzene rings is 1. The van der Waals surface area contributed by atoms with Crippen LogP contribution in [0.1, 0.15) is 30.0 Å². The number of para-hydroxylation sites is 1. The van der Waals surface area contributed by atoms with Crippen molar-refractivity contribution in [3.05, 3.63) is 47.8 Å². The minimum atomic E-state index is -0.409. The van der Waals surface area contributed by atoms with Crippen molar-refractivity contribution in [3.8, 4) is 5.69 Å². The molecular formula is C19H25N3O3. The molecule has 1 aliphatic rings. The fourth-order valence-corrected chi connectivity index (χ4v) is 3.29. The zero-order valence-electron chi connectivity index (χ0n) is 15.2. The topological polar surface area (TPSA) is 56.6 Å². The van der Waals surface area contributed by atoms with Crippen molar-refractivity contribution in [2.45, 2.75) is 32.5 Å². The van der Waals surface area contributed by atoms with E-state index in [2.05, 4.69) is 5.10 Å². The van der Waals surface area contributed by atoms with Crippen molar-refractivity contribution in [2.75, 3.05) is 26.8 Å². The number of aryl methyl sites for hydroxylation is 1. The molecule has 0 aliphatic carbocycles. The smallest absolute Gasteiger partial charge is 0.274 e. The lowest BCUT2D eigenvalue weighted by Gasteiger charge is -2.42. The normalized spacial score (nSPS) is 19.8. The molecule has 1 atom stereocenters. The molecule has 2 aromatic rings. The van der Waals surface area contributed by atoms with E-state index in [0.717, 1.165) is 11.4 Å². The molecule has 1 amide bonds. The highest BCUT2D eigenvalue weighted by molar-refractivity contribution is 5.92. The van der Waals surface area contributed by atoms with Crippen LogP contribution in [0.5, 0.6) is 0 Å². The van der Waals surface area contributed by atoms with Crippen LogP contribution >= 0.6 is 0 Å². The molecule has 1 aromatic carbocycles. The van der Waals surface area contributed by atoms with Crippen LogP contribution < -0.4 is 0 Å². The van der Waals surface area contributed by atoms with E-state index in [4.69, 9.17) is 9.47 Å². The minimum Gasteiger partial charge on any atom is -0.382 e. The highest BCUT2D eigenvalue weighted by Crippen LogP contribution is 2.23. The van der Waals surface area contributed by atoms with Gasteiger partial charge in [0, 0.05) is 25.9 Å². The van der Waals surface area contributed by atoms with E-state index in [9.17, 15) is 4.79 Å². The van der Waals surface area contributed by atoms with Gasteiger partial charge in [-0.25, -0.2) is 4.68 Å². The van der Waals surface area contributed by atoms with Gasteiger partial charge in [-0.15, -0.1) is 0 Å². The fraction of sp³-hybridized carbons (Fsp3) is 0.474. The number of aromatic nitrogens is 2. The van der Waals surface area contributed by atoms with E-state index in [1.54, 1.807) is 11.8 Å². The zero-order chi connectivity index (χ0) is 18.0. The molecule has 0 radical (unpaired) electrons. The fourth-order valence-electron chi connectivity index (χ4n) is 3.29. The maximum absolute atomic E-state index is 13.0. The van der Waals surface area contributed by atoms with Crippen LogP contribution in [0.15, 0.2) is 36.4 Å². The molecule has 1 aromatic heterocycles. The number of methoxy groups -OCH3 is 1. The maximum atomic E-state index is 13.0. The Morgan fingerprint density at radius 2 is 2.08 bits per heavy atom. The monoisotopic (exact) mass is 343 g/mol. The van der Waals surface area contributed by atoms with Gasteiger partial charge < -0.3 is 14.4 Å². The molecule has 1 aliphatic heterocycles. The molecule has 0 unspecified atom stereocenters. The van der Waals surface area contributed by atoms with Crippen LogP contribution in [-0.4, -0.2) is 59.1 Å². The summed E-state index contributed by atoms with van der Waals surface area (Å²) < 4.78 is 13.0. The second kappa shape index (κ2) is 6.98. The van der Waals surface area contributed by atoms with E-state index in [1.165, 1.54) is 0 Å². The summed E-state index contributed by atoms with van der Waals surface area (Å²) in [5.41, 5.74) is 1.91. The highest BCUT2D eigenvalue weighted by atomic mass is 16.5. The standard InChI is InChI=1S/C19H25N3O3/c1-14-10-17(20-22(14)15-8-6-5-7-9-15)18(23)21-11-16(12-24-4)25-19(2,3)13-21/h5-10,16H,11-13H2,1-4H3/t16-/m1/s1. The molecule has 6 heteroatoms. The van der Waals surface area contributed by atoms with E-state index in [0.29, 0.717) is 25.4 Å². The van der Waals surface area contributed by atoms with Gasteiger partial charge in [0.15, 0.2) is 5.69 Å². The molecule has 1 fully saturated rings. The van der Waals surface area contributed by atoms with Gasteiger partial charge in [-0.3, -0.25) is 4.79 Å². The van der Waals surface area contributed by atoms with E-state index in [1.807, 2.05) is 62.1 Å². The predicted molar refractivity (Wildman–Crippen MR) is 95.0 cm³/mol. The Balaban J connectivity index is 1.83. The van der Waals surface area contributed by atoms with Gasteiger partial charge in [-0.2, -0.15) is 5.10 Å². The number of hydrogen-bond donors (Lipinski definition) is 0. The Kier molecular flexibility index (Phi) is 4.92. The van der Waals surface area contributed by atoms with Crippen molar-refractivity contribution in [1.29, 1.82) is 0 Å². The molecular weight excluding hydrogens is 318 g/mol. The molecule has 1 saturated heterocycles. The Morgan fingerprint density at radius 3 is 2.76 bits per heavy atom. The average molecular weight is 343 g/mol. The summed E-state index contributed by atoms with van der Waals surface area (Å²) in [6.45, 7) is 7.43. The molecule has 0 bridgehead atoms. The van der Waals surface area contributed by atoms with E-state index < -0.39 is 5.60 Å². The SMILES string of the molecule is COC[C@H]1CN(C(=O)c2cc(C)n(-c3ccccc3)n2)CC(C)(C)O1. The van der Waals surface area contributed by atoms with Crippen LogP contribution in [0.3, 0.4) is 0 Å². The molecule has 3 rings (SSSR count). The van der Waals surface area contributed by atoms with Crippen LogP contribution in [-0.2, 0) is 9.47 Å². The van der Waals surface area contributed by atoms with Crippen molar-refractivity contribution >= 4 is 5.91 Å². The summed E-state index contributed by atoms with van der Waals surface area (Å²) in [6, 6.07) is 11.7. The first-order valence-electron chi connectivity index (χ1n) is 8.48. The largest absolute Gasteiger partial charge is 0.382 e. The Bertz CT molecular complexity index is 740. The molecule has 0 spiro atoms. The molecule has 2 heterocycles. The third-order valence-corrected chi connectivity index (χ3v) is 4.23. The van der Waals surface area contributed by atoms with Crippen LogP contribution in [0.4, 0.5) is 0 Å². The number of rotatable bonds is 4. The van der Waals surface area contributed by atoms with Crippen LogP contribution in [0.25, 0.3) is 5.69 Å². The molecule has 134 valence electrons. The molecule has 0 N–H and O–H groups in total. The number of nitrogens with zero attached hydrogens (tertiary/aromatic N) is 3. The minimum absolute atomic E-state index is 0.0738. The Hall–Kier alpha value is -2.18. The van der Waals surface area contributed by atoms with Crippen molar-refractivity contribution in [2.24, 2.45) is 0 Å². The number of carbonyl (C=O) groups is 1. The van der Waals surface area contributed by atoms with Gasteiger partial charge in [-0.05, 0) is 39.0 Å². The lowest BCUT2D eigenvalue weighted by molar-refractivity contribution is -0.143. The third-order valence-electron chi connectivity index (χ3n) is 4.23. The third kappa shape index (κ3) is 3.91. The molecule has 6 nitrogen and oxygen atoms in total. The van der Waals surface area contributed by atoms with Crippen molar-refractivity contribution in [1.82, 2.24) is 14.7 Å². The first kappa shape index (κ1) is 17.6. The first-order chi connectivity index (χ1) is 11.9. The lowest BCUT2D eigenvalue weighted by atomic mass is 10.0. The quantitative estimate of drug-likeness (QED) is 0.856. The summed E-state index contributed by atoms with van der Waals surface area (Å²) in [5, 5.41) is 4.53. The Labute approximate surface area is 148 Å². The summed E-state index contributed by atoms with van der Waals surface area (Å²) in [7, 11) is 1.64. The number of hydrogen-bond acceptors (Lipinski definition) is 4. The molecule has 25 heavy (non-hydrogen) atoms. The maximum Gasteiger partial charge on any atom is 0.274 e. The van der Waals surface area contributed by atoms with Crippen molar-refractivity contribution < 1.29 is 14.3 Å². The zero-order valence-corrected chi connectivity index (χ0v) is 15.2. The van der Waals surface area contributed by atoms with Gasteiger partial charge in [-0.1, -0.05) is 18.2 Å². The van der Waals surface area contributed by atoms with E-state index >= 15 is 0 Å². The first-order valence-corrected chi connectivity index (χ1v) is 8.48. The summed E-state index contributed by atoms with van der Waals surface area (Å²) in [6.07, 6.45) is -0.130. The summed E-state index contributed by atoms with van der Waals surface area (Å²) >= 11 is 0. The molecule has 0 saturated carbocycles. The lowest BCUT2D eigenvalue weighted by Crippen LogP contribution is -2.55. The summed E-state index contributed by atoms with van der Waals surface area (Å²) in [5.74, 6) is -0.0738. The number of morpholine rings is 1. The Morgan fingerprint density at radius 1 is 1.36 bits per heavy atom. The van der Waals surface area contributed by atoms with Gasteiger partial charge >= 0.3 is 0 Å². The number of amides is 1. The summed E-state index contributed by atoms with van der Waals surface area (Å²) in [4.78, 5) is 14.8. The number of carbonyl (C=O) groups excluding carboxylic acids is 1. The number of ether oxygens (including phenoxy) is 2. The van der Waals surface area contributed by atoms with Crippen LogP contribution in [0, 0.1) is 6.92 Å². The van der Waals surface area contributed by atoms with Gasteiger partial charge in [0.05, 0.1) is 24.0 Å². The average Bonchev–Trinajstić information content (AvgIpc) is 2.95.